The van der Waals surface area contributed by atoms with Gasteiger partial charge in [0.25, 0.3) is 0 Å². The van der Waals surface area contributed by atoms with E-state index in [1.165, 1.54) is 6.07 Å². The molecule has 1 aromatic carbocycles. The van der Waals surface area contributed by atoms with E-state index >= 15 is 0 Å². The van der Waals surface area contributed by atoms with Crippen LogP contribution in [-0.2, 0) is 14.1 Å². The van der Waals surface area contributed by atoms with Crippen LogP contribution >= 0.6 is 0 Å². The second-order valence-electron chi connectivity index (χ2n) is 8.07. The smallest absolute Gasteiger partial charge is 0.399 e. The SMILES string of the molecule is CC1(C)OB(c2ccc(N3CC[C@H](CC(N)=O)C3)cc2F)OC1(C)C. The summed E-state index contributed by atoms with van der Waals surface area (Å²) in [6, 6.07) is 5.14. The summed E-state index contributed by atoms with van der Waals surface area (Å²) in [6.45, 7) is 9.31. The van der Waals surface area contributed by atoms with Gasteiger partial charge < -0.3 is 19.9 Å². The van der Waals surface area contributed by atoms with E-state index < -0.39 is 18.3 Å². The summed E-state index contributed by atoms with van der Waals surface area (Å²) >= 11 is 0. The van der Waals surface area contributed by atoms with Crippen molar-refractivity contribution in [2.75, 3.05) is 18.0 Å². The van der Waals surface area contributed by atoms with Crippen LogP contribution in [0.15, 0.2) is 18.2 Å². The lowest BCUT2D eigenvalue weighted by atomic mass is 9.78. The van der Waals surface area contributed by atoms with Crippen molar-refractivity contribution in [2.24, 2.45) is 11.7 Å². The Labute approximate surface area is 148 Å². The minimum Gasteiger partial charge on any atom is -0.399 e. The Morgan fingerprint density at radius 2 is 1.96 bits per heavy atom. The Hall–Kier alpha value is -1.60. The van der Waals surface area contributed by atoms with Gasteiger partial charge in [-0.1, -0.05) is 6.07 Å². The standard InChI is InChI=1S/C18H26BFN2O3/c1-17(2)18(3,4)25-19(24-17)14-6-5-13(10-15(14)20)22-8-7-12(11-22)9-16(21)23/h5-6,10,12H,7-9,11H2,1-4H3,(H2,21,23)/t12-/m1/s1. The molecule has 0 unspecified atom stereocenters. The van der Waals surface area contributed by atoms with Gasteiger partial charge in [-0.2, -0.15) is 0 Å². The molecule has 136 valence electrons. The van der Waals surface area contributed by atoms with Crippen molar-refractivity contribution in [3.8, 4) is 0 Å². The summed E-state index contributed by atoms with van der Waals surface area (Å²) in [5.74, 6) is -0.383. The normalized spacial score (nSPS) is 24.8. The first-order valence-corrected chi connectivity index (χ1v) is 8.77. The number of hydrogen-bond donors (Lipinski definition) is 1. The van der Waals surface area contributed by atoms with E-state index in [0.717, 1.165) is 25.2 Å². The van der Waals surface area contributed by atoms with Crippen molar-refractivity contribution >= 4 is 24.2 Å². The fraction of sp³-hybridized carbons (Fsp3) is 0.611. The Morgan fingerprint density at radius 1 is 1.32 bits per heavy atom. The molecule has 0 aromatic heterocycles. The molecule has 0 radical (unpaired) electrons. The van der Waals surface area contributed by atoms with Gasteiger partial charge in [-0.25, -0.2) is 4.39 Å². The van der Waals surface area contributed by atoms with Crippen molar-refractivity contribution in [2.45, 2.75) is 51.7 Å². The fourth-order valence-electron chi connectivity index (χ4n) is 3.39. The molecule has 2 aliphatic heterocycles. The van der Waals surface area contributed by atoms with Gasteiger partial charge in [-0.3, -0.25) is 4.79 Å². The summed E-state index contributed by atoms with van der Waals surface area (Å²) in [6.07, 6.45) is 1.27. The second kappa shape index (κ2) is 6.29. The highest BCUT2D eigenvalue weighted by Crippen LogP contribution is 2.37. The lowest BCUT2D eigenvalue weighted by molar-refractivity contribution is -0.118. The molecule has 5 nitrogen and oxygen atoms in total. The Kier molecular flexibility index (Phi) is 4.58. The minimum atomic E-state index is -0.708. The zero-order valence-corrected chi connectivity index (χ0v) is 15.3. The van der Waals surface area contributed by atoms with E-state index in [-0.39, 0.29) is 17.6 Å². The molecule has 1 amide bonds. The molecule has 2 heterocycles. The molecule has 0 aliphatic carbocycles. The van der Waals surface area contributed by atoms with Crippen molar-refractivity contribution in [1.82, 2.24) is 0 Å². The quantitative estimate of drug-likeness (QED) is 0.844. The predicted octanol–water partition coefficient (Wildman–Crippen LogP) is 1.83. The molecule has 2 N–H and O–H groups in total. The third-order valence-corrected chi connectivity index (χ3v) is 5.63. The van der Waals surface area contributed by atoms with E-state index in [9.17, 15) is 9.18 Å². The summed E-state index contributed by atoms with van der Waals surface area (Å²) in [4.78, 5) is 13.2. The molecule has 25 heavy (non-hydrogen) atoms. The summed E-state index contributed by atoms with van der Waals surface area (Å²) in [5, 5.41) is 0. The van der Waals surface area contributed by atoms with Gasteiger partial charge in [0.2, 0.25) is 5.91 Å². The van der Waals surface area contributed by atoms with E-state index in [1.54, 1.807) is 6.07 Å². The minimum absolute atomic E-state index is 0.239. The van der Waals surface area contributed by atoms with Gasteiger partial charge in [0.05, 0.1) is 11.2 Å². The average molecular weight is 348 g/mol. The van der Waals surface area contributed by atoms with Gasteiger partial charge in [0.15, 0.2) is 0 Å². The molecular formula is C18H26BFN2O3. The molecule has 1 aromatic rings. The first kappa shape index (κ1) is 18.2. The highest BCUT2D eigenvalue weighted by atomic mass is 19.1. The number of benzene rings is 1. The third-order valence-electron chi connectivity index (χ3n) is 5.63. The van der Waals surface area contributed by atoms with Gasteiger partial charge in [-0.05, 0) is 52.2 Å². The van der Waals surface area contributed by atoms with Gasteiger partial charge in [0.1, 0.15) is 5.82 Å². The number of nitrogens with two attached hydrogens (primary N) is 1. The molecule has 7 heteroatoms. The van der Waals surface area contributed by atoms with Crippen molar-refractivity contribution in [1.29, 1.82) is 0 Å². The third kappa shape index (κ3) is 3.53. The molecule has 0 spiro atoms. The monoisotopic (exact) mass is 348 g/mol. The van der Waals surface area contributed by atoms with Crippen LogP contribution < -0.4 is 16.1 Å². The van der Waals surface area contributed by atoms with Crippen LogP contribution in [-0.4, -0.2) is 37.3 Å². The van der Waals surface area contributed by atoms with Crippen LogP contribution in [0.5, 0.6) is 0 Å². The topological polar surface area (TPSA) is 64.8 Å². The van der Waals surface area contributed by atoms with Gasteiger partial charge in [0, 0.05) is 30.7 Å². The van der Waals surface area contributed by atoms with Crippen LogP contribution in [0.3, 0.4) is 0 Å². The molecular weight excluding hydrogens is 322 g/mol. The highest BCUT2D eigenvalue weighted by molar-refractivity contribution is 6.62. The maximum Gasteiger partial charge on any atom is 0.497 e. The number of rotatable bonds is 4. The number of carbonyl (C=O) groups is 1. The summed E-state index contributed by atoms with van der Waals surface area (Å²) in [7, 11) is -0.708. The molecule has 2 fully saturated rings. The van der Waals surface area contributed by atoms with E-state index in [2.05, 4.69) is 4.90 Å². The zero-order chi connectivity index (χ0) is 18.4. The number of nitrogens with zero attached hydrogens (tertiary/aromatic N) is 1. The number of carbonyl (C=O) groups excluding carboxylic acids is 1. The lowest BCUT2D eigenvalue weighted by Gasteiger charge is -2.32. The van der Waals surface area contributed by atoms with Gasteiger partial charge in [-0.15, -0.1) is 0 Å². The Balaban J connectivity index is 1.73. The van der Waals surface area contributed by atoms with Crippen molar-refractivity contribution in [3.05, 3.63) is 24.0 Å². The maximum absolute atomic E-state index is 14.7. The summed E-state index contributed by atoms with van der Waals surface area (Å²) < 4.78 is 26.6. The molecule has 2 aliphatic rings. The van der Waals surface area contributed by atoms with E-state index in [0.29, 0.717) is 11.9 Å². The summed E-state index contributed by atoms with van der Waals surface area (Å²) in [5.41, 5.74) is 5.49. The highest BCUT2D eigenvalue weighted by Gasteiger charge is 2.52. The number of anilines is 1. The zero-order valence-electron chi connectivity index (χ0n) is 15.3. The largest absolute Gasteiger partial charge is 0.497 e. The van der Waals surface area contributed by atoms with E-state index in [1.807, 2.05) is 33.8 Å². The fourth-order valence-corrected chi connectivity index (χ4v) is 3.39. The van der Waals surface area contributed by atoms with Crippen LogP contribution in [0.2, 0.25) is 0 Å². The predicted molar refractivity (Wildman–Crippen MR) is 96.2 cm³/mol. The maximum atomic E-state index is 14.7. The van der Waals surface area contributed by atoms with Crippen LogP contribution in [0.25, 0.3) is 0 Å². The van der Waals surface area contributed by atoms with Gasteiger partial charge >= 0.3 is 7.12 Å². The first-order chi connectivity index (χ1) is 11.6. The number of primary amides is 1. The first-order valence-electron chi connectivity index (χ1n) is 8.77. The number of halogens is 1. The molecule has 0 bridgehead atoms. The molecule has 0 saturated carbocycles. The van der Waals surface area contributed by atoms with Crippen LogP contribution in [0.1, 0.15) is 40.5 Å². The Bertz CT molecular complexity index is 664. The average Bonchev–Trinajstić information content (AvgIpc) is 3.01. The Morgan fingerprint density at radius 3 is 2.52 bits per heavy atom. The second-order valence-corrected chi connectivity index (χ2v) is 8.07. The van der Waals surface area contributed by atoms with Crippen LogP contribution in [0, 0.1) is 11.7 Å². The number of amides is 1. The molecule has 3 rings (SSSR count). The van der Waals surface area contributed by atoms with Crippen molar-refractivity contribution < 1.29 is 18.5 Å². The lowest BCUT2D eigenvalue weighted by Crippen LogP contribution is -2.41. The van der Waals surface area contributed by atoms with Crippen LogP contribution in [0.4, 0.5) is 10.1 Å². The van der Waals surface area contributed by atoms with E-state index in [4.69, 9.17) is 15.0 Å². The molecule has 2 saturated heterocycles. The molecule has 1 atom stereocenters. The van der Waals surface area contributed by atoms with Crippen molar-refractivity contribution in [3.63, 3.8) is 0 Å². The number of hydrogen-bond acceptors (Lipinski definition) is 4.